The van der Waals surface area contributed by atoms with Crippen molar-refractivity contribution >= 4 is 22.4 Å². The molecule has 0 radical (unpaired) electrons. The number of hydrogen-bond donors (Lipinski definition) is 1. The third-order valence-electron chi connectivity index (χ3n) is 2.53. The fourth-order valence-electron chi connectivity index (χ4n) is 1.63. The molecule has 3 aromatic heterocycles. The van der Waals surface area contributed by atoms with Gasteiger partial charge in [0, 0.05) is 23.3 Å². The van der Waals surface area contributed by atoms with Gasteiger partial charge >= 0.3 is 0 Å². The summed E-state index contributed by atoms with van der Waals surface area (Å²) in [6.45, 7) is 0. The molecule has 1 N–H and O–H groups in total. The Hall–Kier alpha value is -2.54. The van der Waals surface area contributed by atoms with Crippen molar-refractivity contribution in [3.63, 3.8) is 0 Å². The maximum atomic E-state index is 11.8. The maximum Gasteiger partial charge on any atom is 0.233 e. The molecule has 7 heteroatoms. The molecule has 3 aromatic rings. The topological polar surface area (TPSA) is 80.9 Å². The van der Waals surface area contributed by atoms with E-state index in [9.17, 15) is 4.79 Å². The summed E-state index contributed by atoms with van der Waals surface area (Å²) in [5.41, 5.74) is 1.71. The second-order valence-electron chi connectivity index (χ2n) is 3.97. The van der Waals surface area contributed by atoms with E-state index in [1.54, 1.807) is 12.4 Å². The lowest BCUT2D eigenvalue weighted by Gasteiger charge is -1.98. The lowest BCUT2D eigenvalue weighted by Crippen LogP contribution is -2.13. The normalized spacial score (nSPS) is 10.4. The number of nitrogens with zero attached hydrogens (tertiary/aromatic N) is 3. The molecule has 0 aromatic carbocycles. The number of hydrogen-bond acceptors (Lipinski definition) is 6. The second-order valence-corrected chi connectivity index (χ2v) is 4.83. The Morgan fingerprint density at radius 2 is 2.30 bits per heavy atom. The first-order valence-electron chi connectivity index (χ1n) is 5.84. The molecule has 20 heavy (non-hydrogen) atoms. The number of rotatable bonds is 4. The van der Waals surface area contributed by atoms with Gasteiger partial charge in [-0.2, -0.15) is 0 Å². The fourth-order valence-corrected chi connectivity index (χ4v) is 2.37. The molecule has 0 saturated heterocycles. The van der Waals surface area contributed by atoms with Crippen LogP contribution in [0, 0.1) is 0 Å². The van der Waals surface area contributed by atoms with E-state index in [4.69, 9.17) is 4.42 Å². The molecule has 100 valence electrons. The second kappa shape index (κ2) is 5.62. The quantitative estimate of drug-likeness (QED) is 0.796. The predicted octanol–water partition coefficient (Wildman–Crippen LogP) is 2.37. The van der Waals surface area contributed by atoms with E-state index in [0.717, 1.165) is 11.3 Å². The summed E-state index contributed by atoms with van der Waals surface area (Å²) in [5, 5.41) is 5.16. The van der Waals surface area contributed by atoms with E-state index in [1.165, 1.54) is 23.9 Å². The lowest BCUT2D eigenvalue weighted by atomic mass is 10.2. The molecule has 0 aliphatic heterocycles. The van der Waals surface area contributed by atoms with Crippen molar-refractivity contribution in [3.8, 4) is 11.3 Å². The molecule has 0 unspecified atom stereocenters. The Kier molecular flexibility index (Phi) is 3.51. The average molecular weight is 286 g/mol. The van der Waals surface area contributed by atoms with Gasteiger partial charge in [-0.05, 0) is 12.1 Å². The molecule has 0 bridgehead atoms. The molecule has 0 aliphatic carbocycles. The maximum absolute atomic E-state index is 11.8. The zero-order valence-corrected chi connectivity index (χ0v) is 11.1. The first kappa shape index (κ1) is 12.5. The van der Waals surface area contributed by atoms with Crippen LogP contribution in [0.25, 0.3) is 11.3 Å². The monoisotopic (exact) mass is 286 g/mol. The summed E-state index contributed by atoms with van der Waals surface area (Å²) in [6, 6.07) is 3.76. The molecule has 0 aliphatic rings. The number of aromatic nitrogens is 3. The van der Waals surface area contributed by atoms with Crippen molar-refractivity contribution in [2.24, 2.45) is 0 Å². The Bertz CT molecular complexity index is 694. The van der Waals surface area contributed by atoms with Crippen molar-refractivity contribution in [1.82, 2.24) is 15.0 Å². The van der Waals surface area contributed by atoms with Crippen LogP contribution >= 0.6 is 11.3 Å². The highest BCUT2D eigenvalue weighted by Gasteiger charge is 2.10. The highest BCUT2D eigenvalue weighted by Crippen LogP contribution is 2.24. The van der Waals surface area contributed by atoms with E-state index in [-0.39, 0.29) is 12.3 Å². The van der Waals surface area contributed by atoms with E-state index in [1.807, 2.05) is 17.5 Å². The van der Waals surface area contributed by atoms with Crippen LogP contribution in [-0.2, 0) is 11.2 Å². The summed E-state index contributed by atoms with van der Waals surface area (Å²) in [6.07, 6.45) is 6.39. The first-order valence-corrected chi connectivity index (χ1v) is 6.72. The van der Waals surface area contributed by atoms with Crippen LogP contribution in [0.15, 0.2) is 46.9 Å². The van der Waals surface area contributed by atoms with Crippen LogP contribution in [0.4, 0.5) is 5.13 Å². The first-order chi connectivity index (χ1) is 9.81. The standard InChI is InChI=1S/C13H10N4O2S/c18-12(4-10-6-15-8-19-10)17-13-16-11(7-20-13)9-2-1-3-14-5-9/h1-3,5-8H,4H2,(H,16,17,18). The van der Waals surface area contributed by atoms with Crippen LogP contribution in [0.5, 0.6) is 0 Å². The van der Waals surface area contributed by atoms with E-state index in [2.05, 4.69) is 20.3 Å². The number of carbonyl (C=O) groups is 1. The van der Waals surface area contributed by atoms with Gasteiger partial charge in [0.2, 0.25) is 5.91 Å². The summed E-state index contributed by atoms with van der Waals surface area (Å²) >= 11 is 1.37. The molecule has 0 saturated carbocycles. The van der Waals surface area contributed by atoms with Crippen molar-refractivity contribution in [2.45, 2.75) is 6.42 Å². The van der Waals surface area contributed by atoms with Gasteiger partial charge in [0.15, 0.2) is 11.5 Å². The highest BCUT2D eigenvalue weighted by atomic mass is 32.1. The Morgan fingerprint density at radius 3 is 3.05 bits per heavy atom. The predicted molar refractivity (Wildman–Crippen MR) is 74.2 cm³/mol. The molecular weight excluding hydrogens is 276 g/mol. The van der Waals surface area contributed by atoms with E-state index >= 15 is 0 Å². The van der Waals surface area contributed by atoms with Crippen molar-refractivity contribution < 1.29 is 9.21 Å². The molecule has 0 fully saturated rings. The zero-order chi connectivity index (χ0) is 13.8. The minimum Gasteiger partial charge on any atom is -0.448 e. The zero-order valence-electron chi connectivity index (χ0n) is 10.3. The van der Waals surface area contributed by atoms with E-state index in [0.29, 0.717) is 10.9 Å². The minimum atomic E-state index is -0.186. The van der Waals surface area contributed by atoms with Crippen LogP contribution in [0.2, 0.25) is 0 Å². The highest BCUT2D eigenvalue weighted by molar-refractivity contribution is 7.14. The summed E-state index contributed by atoms with van der Waals surface area (Å²) in [5.74, 6) is 0.334. The van der Waals surface area contributed by atoms with Crippen molar-refractivity contribution in [1.29, 1.82) is 0 Å². The molecule has 0 spiro atoms. The molecule has 3 heterocycles. The SMILES string of the molecule is O=C(Cc1cnco1)Nc1nc(-c2cccnc2)cs1. The van der Waals surface area contributed by atoms with Crippen LogP contribution in [0.3, 0.4) is 0 Å². The number of nitrogens with one attached hydrogen (secondary N) is 1. The van der Waals surface area contributed by atoms with Gasteiger partial charge in [-0.15, -0.1) is 11.3 Å². The molecule has 6 nitrogen and oxygen atoms in total. The van der Waals surface area contributed by atoms with Crippen LogP contribution < -0.4 is 5.32 Å². The molecular formula is C13H10N4O2S. The number of thiazole rings is 1. The van der Waals surface area contributed by atoms with E-state index < -0.39 is 0 Å². The molecule has 3 rings (SSSR count). The third-order valence-corrected chi connectivity index (χ3v) is 3.28. The lowest BCUT2D eigenvalue weighted by molar-refractivity contribution is -0.115. The van der Waals surface area contributed by atoms with Crippen LogP contribution in [-0.4, -0.2) is 20.9 Å². The number of amides is 1. The number of anilines is 1. The largest absolute Gasteiger partial charge is 0.448 e. The third kappa shape index (κ3) is 2.89. The Balaban J connectivity index is 1.67. The number of carbonyl (C=O) groups excluding carboxylic acids is 1. The van der Waals surface area contributed by atoms with Gasteiger partial charge in [-0.3, -0.25) is 9.78 Å². The van der Waals surface area contributed by atoms with Gasteiger partial charge in [-0.25, -0.2) is 9.97 Å². The minimum absolute atomic E-state index is 0.141. The average Bonchev–Trinajstić information content (AvgIpc) is 3.11. The fraction of sp³-hybridized carbons (Fsp3) is 0.0769. The van der Waals surface area contributed by atoms with Crippen molar-refractivity contribution in [3.05, 3.63) is 48.3 Å². The van der Waals surface area contributed by atoms with Crippen molar-refractivity contribution in [2.75, 3.05) is 5.32 Å². The summed E-state index contributed by atoms with van der Waals surface area (Å²) < 4.78 is 5.02. The summed E-state index contributed by atoms with van der Waals surface area (Å²) in [4.78, 5) is 23.9. The van der Waals surface area contributed by atoms with Gasteiger partial charge in [0.1, 0.15) is 5.76 Å². The Labute approximate surface area is 118 Å². The number of oxazole rings is 1. The van der Waals surface area contributed by atoms with Gasteiger partial charge < -0.3 is 9.73 Å². The number of pyridine rings is 1. The van der Waals surface area contributed by atoms with Gasteiger partial charge in [-0.1, -0.05) is 0 Å². The summed E-state index contributed by atoms with van der Waals surface area (Å²) in [7, 11) is 0. The van der Waals surface area contributed by atoms with Gasteiger partial charge in [0.25, 0.3) is 0 Å². The smallest absolute Gasteiger partial charge is 0.233 e. The molecule has 1 amide bonds. The molecule has 0 atom stereocenters. The Morgan fingerprint density at radius 1 is 1.35 bits per heavy atom. The van der Waals surface area contributed by atoms with Crippen LogP contribution in [0.1, 0.15) is 5.76 Å². The van der Waals surface area contributed by atoms with Gasteiger partial charge in [0.05, 0.1) is 18.3 Å².